The van der Waals surface area contributed by atoms with Gasteiger partial charge in [-0.1, -0.05) is 6.92 Å². The van der Waals surface area contributed by atoms with Crippen LogP contribution in [0.2, 0.25) is 0 Å². The highest BCUT2D eigenvalue weighted by Crippen LogP contribution is 2.28. The number of rotatable bonds is 2. The van der Waals surface area contributed by atoms with E-state index in [4.69, 9.17) is 5.73 Å². The first kappa shape index (κ1) is 11.6. The molecule has 0 spiro atoms. The Morgan fingerprint density at radius 2 is 2.38 bits per heavy atom. The SMILES string of the molecule is CCC1CN(c2ccc(N)cc2F)CCS1. The summed E-state index contributed by atoms with van der Waals surface area (Å²) in [5.41, 5.74) is 6.72. The number of halogens is 1. The zero-order chi connectivity index (χ0) is 11.5. The van der Waals surface area contributed by atoms with E-state index in [2.05, 4.69) is 11.8 Å². The van der Waals surface area contributed by atoms with Crippen molar-refractivity contribution in [2.24, 2.45) is 0 Å². The second-order valence-corrected chi connectivity index (χ2v) is 5.47. The van der Waals surface area contributed by atoms with Gasteiger partial charge in [-0.25, -0.2) is 4.39 Å². The van der Waals surface area contributed by atoms with E-state index in [9.17, 15) is 4.39 Å². The Morgan fingerprint density at radius 3 is 3.06 bits per heavy atom. The van der Waals surface area contributed by atoms with Gasteiger partial charge in [0.15, 0.2) is 0 Å². The van der Waals surface area contributed by atoms with Crippen LogP contribution in [0.15, 0.2) is 18.2 Å². The minimum absolute atomic E-state index is 0.207. The summed E-state index contributed by atoms with van der Waals surface area (Å²) in [6.07, 6.45) is 1.14. The molecule has 0 aromatic heterocycles. The van der Waals surface area contributed by atoms with Crippen molar-refractivity contribution < 1.29 is 4.39 Å². The van der Waals surface area contributed by atoms with Crippen molar-refractivity contribution in [2.75, 3.05) is 29.5 Å². The molecule has 0 bridgehead atoms. The zero-order valence-corrected chi connectivity index (χ0v) is 10.3. The Morgan fingerprint density at radius 1 is 1.56 bits per heavy atom. The lowest BCUT2D eigenvalue weighted by Crippen LogP contribution is -2.38. The lowest BCUT2D eigenvalue weighted by atomic mass is 10.2. The van der Waals surface area contributed by atoms with Gasteiger partial charge in [-0.05, 0) is 24.6 Å². The van der Waals surface area contributed by atoms with E-state index in [0.717, 1.165) is 25.3 Å². The highest BCUT2D eigenvalue weighted by atomic mass is 32.2. The van der Waals surface area contributed by atoms with Crippen LogP contribution in [0.25, 0.3) is 0 Å². The second kappa shape index (κ2) is 4.95. The number of hydrogen-bond donors (Lipinski definition) is 1. The molecular formula is C12H17FN2S. The number of benzene rings is 1. The van der Waals surface area contributed by atoms with E-state index in [1.54, 1.807) is 12.1 Å². The molecule has 16 heavy (non-hydrogen) atoms. The maximum absolute atomic E-state index is 13.7. The lowest BCUT2D eigenvalue weighted by molar-refractivity contribution is 0.614. The molecule has 2 nitrogen and oxygen atoms in total. The van der Waals surface area contributed by atoms with Gasteiger partial charge in [0, 0.05) is 29.8 Å². The zero-order valence-electron chi connectivity index (χ0n) is 9.45. The van der Waals surface area contributed by atoms with Crippen LogP contribution in [0.3, 0.4) is 0 Å². The molecule has 0 amide bonds. The molecule has 1 heterocycles. The summed E-state index contributed by atoms with van der Waals surface area (Å²) >= 11 is 1.98. The quantitative estimate of drug-likeness (QED) is 0.806. The van der Waals surface area contributed by atoms with Crippen LogP contribution >= 0.6 is 11.8 Å². The molecule has 2 rings (SSSR count). The monoisotopic (exact) mass is 240 g/mol. The third kappa shape index (κ3) is 2.43. The summed E-state index contributed by atoms with van der Waals surface area (Å²) in [7, 11) is 0. The third-order valence-corrected chi connectivity index (χ3v) is 4.28. The fourth-order valence-corrected chi connectivity index (χ4v) is 3.14. The van der Waals surface area contributed by atoms with Crippen LogP contribution in [0.5, 0.6) is 0 Å². The fourth-order valence-electron chi connectivity index (χ4n) is 1.96. The van der Waals surface area contributed by atoms with Crippen LogP contribution in [0, 0.1) is 5.82 Å². The average molecular weight is 240 g/mol. The van der Waals surface area contributed by atoms with Gasteiger partial charge in [0.2, 0.25) is 0 Å². The number of anilines is 2. The molecule has 2 N–H and O–H groups in total. The highest BCUT2D eigenvalue weighted by molar-refractivity contribution is 8.00. The van der Waals surface area contributed by atoms with Crippen molar-refractivity contribution in [3.63, 3.8) is 0 Å². The number of nitrogens with two attached hydrogens (primary N) is 1. The normalized spacial score (nSPS) is 21.1. The van der Waals surface area contributed by atoms with Crippen LogP contribution < -0.4 is 10.6 Å². The maximum Gasteiger partial charge on any atom is 0.148 e. The highest BCUT2D eigenvalue weighted by Gasteiger charge is 2.21. The molecule has 0 radical (unpaired) electrons. The van der Waals surface area contributed by atoms with Gasteiger partial charge in [0.1, 0.15) is 5.82 Å². The summed E-state index contributed by atoms with van der Waals surface area (Å²) in [6, 6.07) is 4.95. The van der Waals surface area contributed by atoms with Crippen LogP contribution in [-0.2, 0) is 0 Å². The van der Waals surface area contributed by atoms with Gasteiger partial charge in [0.05, 0.1) is 5.69 Å². The van der Waals surface area contributed by atoms with E-state index in [1.165, 1.54) is 6.07 Å². The summed E-state index contributed by atoms with van der Waals surface area (Å²) in [6.45, 7) is 4.03. The van der Waals surface area contributed by atoms with Gasteiger partial charge in [-0.3, -0.25) is 0 Å². The van der Waals surface area contributed by atoms with Crippen molar-refractivity contribution in [3.8, 4) is 0 Å². The largest absolute Gasteiger partial charge is 0.399 e. The molecule has 1 aromatic carbocycles. The molecule has 1 fully saturated rings. The van der Waals surface area contributed by atoms with E-state index in [0.29, 0.717) is 16.6 Å². The Kier molecular flexibility index (Phi) is 3.59. The predicted molar refractivity (Wildman–Crippen MR) is 69.6 cm³/mol. The Hall–Kier alpha value is -0.900. The number of hydrogen-bond acceptors (Lipinski definition) is 3. The Balaban J connectivity index is 2.16. The van der Waals surface area contributed by atoms with Gasteiger partial charge in [-0.15, -0.1) is 0 Å². The van der Waals surface area contributed by atoms with Crippen molar-refractivity contribution in [2.45, 2.75) is 18.6 Å². The van der Waals surface area contributed by atoms with E-state index < -0.39 is 0 Å². The van der Waals surface area contributed by atoms with Gasteiger partial charge < -0.3 is 10.6 Å². The number of nitrogen functional groups attached to an aromatic ring is 1. The van der Waals surface area contributed by atoms with E-state index in [-0.39, 0.29) is 5.82 Å². The topological polar surface area (TPSA) is 29.3 Å². The predicted octanol–water partition coefficient (Wildman–Crippen LogP) is 2.74. The molecule has 88 valence electrons. The van der Waals surface area contributed by atoms with Crippen molar-refractivity contribution in [1.82, 2.24) is 0 Å². The van der Waals surface area contributed by atoms with Gasteiger partial charge in [0.25, 0.3) is 0 Å². The molecule has 0 saturated carbocycles. The number of nitrogens with zero attached hydrogens (tertiary/aromatic N) is 1. The summed E-state index contributed by atoms with van der Waals surface area (Å²) in [5, 5.41) is 0.616. The van der Waals surface area contributed by atoms with E-state index >= 15 is 0 Å². The molecule has 1 unspecified atom stereocenters. The average Bonchev–Trinajstić information content (AvgIpc) is 2.29. The first-order valence-electron chi connectivity index (χ1n) is 5.62. The molecule has 1 aromatic rings. The molecule has 1 aliphatic rings. The van der Waals surface area contributed by atoms with Crippen LogP contribution in [0.4, 0.5) is 15.8 Å². The summed E-state index contributed by atoms with van der Waals surface area (Å²) < 4.78 is 13.7. The Bertz CT molecular complexity index is 370. The minimum atomic E-state index is -0.207. The second-order valence-electron chi connectivity index (χ2n) is 4.06. The minimum Gasteiger partial charge on any atom is -0.399 e. The summed E-state index contributed by atoms with van der Waals surface area (Å²) in [5.74, 6) is 0.865. The first-order chi connectivity index (χ1) is 7.70. The lowest BCUT2D eigenvalue weighted by Gasteiger charge is -2.33. The first-order valence-corrected chi connectivity index (χ1v) is 6.67. The molecule has 4 heteroatoms. The fraction of sp³-hybridized carbons (Fsp3) is 0.500. The van der Waals surface area contributed by atoms with Gasteiger partial charge in [-0.2, -0.15) is 11.8 Å². The van der Waals surface area contributed by atoms with Gasteiger partial charge >= 0.3 is 0 Å². The molecular weight excluding hydrogens is 223 g/mol. The molecule has 0 aliphatic carbocycles. The third-order valence-electron chi connectivity index (χ3n) is 2.91. The molecule has 1 saturated heterocycles. The maximum atomic E-state index is 13.7. The van der Waals surface area contributed by atoms with E-state index in [1.807, 2.05) is 11.8 Å². The smallest absolute Gasteiger partial charge is 0.148 e. The summed E-state index contributed by atoms with van der Waals surface area (Å²) in [4.78, 5) is 2.12. The van der Waals surface area contributed by atoms with Crippen molar-refractivity contribution in [3.05, 3.63) is 24.0 Å². The Labute approximate surface area is 100 Å². The standard InChI is InChI=1S/C12H17FN2S/c1-2-10-8-15(5-6-16-10)12-4-3-9(14)7-11(12)13/h3-4,7,10H,2,5-6,8,14H2,1H3. The molecule has 1 atom stereocenters. The number of thioether (sulfide) groups is 1. The van der Waals surface area contributed by atoms with Crippen molar-refractivity contribution in [1.29, 1.82) is 0 Å². The van der Waals surface area contributed by atoms with Crippen LogP contribution in [0.1, 0.15) is 13.3 Å². The molecule has 1 aliphatic heterocycles. The van der Waals surface area contributed by atoms with Crippen LogP contribution in [-0.4, -0.2) is 24.1 Å². The van der Waals surface area contributed by atoms with Crippen molar-refractivity contribution >= 4 is 23.1 Å².